The Morgan fingerprint density at radius 3 is 2.65 bits per heavy atom. The van der Waals surface area contributed by atoms with Gasteiger partial charge in [-0.15, -0.1) is 0 Å². The molecule has 5 nitrogen and oxygen atoms in total. The first-order chi connectivity index (χ1) is 12.6. The minimum absolute atomic E-state index is 0.0251. The van der Waals surface area contributed by atoms with Gasteiger partial charge in [0.15, 0.2) is 0 Å². The van der Waals surface area contributed by atoms with Crippen LogP contribution in [0.5, 0.6) is 0 Å². The largest absolute Gasteiger partial charge is 0.396 e. The Morgan fingerprint density at radius 2 is 2.04 bits per heavy atom. The number of aliphatic hydroxyl groups is 1. The third-order valence-electron chi connectivity index (χ3n) is 4.79. The van der Waals surface area contributed by atoms with Crippen LogP contribution < -0.4 is 5.32 Å². The van der Waals surface area contributed by atoms with Crippen LogP contribution in [0.3, 0.4) is 0 Å². The van der Waals surface area contributed by atoms with Gasteiger partial charge in [-0.25, -0.2) is 0 Å². The van der Waals surface area contributed by atoms with Gasteiger partial charge in [0.1, 0.15) is 0 Å². The number of carbonyl (C=O) groups excluding carboxylic acids is 2. The van der Waals surface area contributed by atoms with Gasteiger partial charge in [0.05, 0.1) is 0 Å². The molecule has 1 aliphatic heterocycles. The Morgan fingerprint density at radius 1 is 1.27 bits per heavy atom. The van der Waals surface area contributed by atoms with E-state index >= 15 is 0 Å². The maximum atomic E-state index is 12.8. The first-order valence-corrected chi connectivity index (χ1v) is 9.48. The molecule has 0 spiro atoms. The Bertz CT molecular complexity index is 771. The van der Waals surface area contributed by atoms with Crippen molar-refractivity contribution in [2.75, 3.05) is 19.7 Å². The summed E-state index contributed by atoms with van der Waals surface area (Å²) in [7, 11) is 0. The number of hydrogen-bond donors (Lipinski definition) is 2. The van der Waals surface area contributed by atoms with Crippen LogP contribution in [-0.4, -0.2) is 41.5 Å². The molecular formula is C20H22N2O3S. The molecule has 2 amide bonds. The van der Waals surface area contributed by atoms with E-state index in [4.69, 9.17) is 0 Å². The number of nitrogens with zero attached hydrogens (tertiary/aromatic N) is 1. The minimum Gasteiger partial charge on any atom is -0.396 e. The number of aliphatic hydroxyl groups excluding tert-OH is 1. The Kier molecular flexibility index (Phi) is 5.85. The van der Waals surface area contributed by atoms with Crippen LogP contribution in [0.4, 0.5) is 0 Å². The van der Waals surface area contributed by atoms with E-state index in [0.717, 1.165) is 5.56 Å². The summed E-state index contributed by atoms with van der Waals surface area (Å²) in [6.45, 7) is 5.07. The molecule has 3 rings (SSSR count). The first-order valence-electron chi connectivity index (χ1n) is 8.53. The van der Waals surface area contributed by atoms with Crippen LogP contribution in [0.25, 0.3) is 0 Å². The van der Waals surface area contributed by atoms with Crippen molar-refractivity contribution in [2.45, 2.75) is 12.5 Å². The van der Waals surface area contributed by atoms with Crippen LogP contribution in [0.1, 0.15) is 27.4 Å². The van der Waals surface area contributed by atoms with E-state index in [2.05, 4.69) is 23.3 Å². The van der Waals surface area contributed by atoms with Crippen LogP contribution >= 0.6 is 11.3 Å². The van der Waals surface area contributed by atoms with E-state index in [1.54, 1.807) is 23.5 Å². The molecular weight excluding hydrogens is 348 g/mol. The summed E-state index contributed by atoms with van der Waals surface area (Å²) >= 11 is 1.63. The van der Waals surface area contributed by atoms with Gasteiger partial charge < -0.3 is 15.3 Å². The molecule has 2 heterocycles. The molecule has 1 aromatic carbocycles. The minimum atomic E-state index is -0.225. The van der Waals surface area contributed by atoms with Gasteiger partial charge in [-0.05, 0) is 46.2 Å². The highest BCUT2D eigenvalue weighted by Gasteiger charge is 2.36. The number of likely N-dealkylation sites (tertiary alicyclic amines) is 1. The third kappa shape index (κ3) is 4.03. The monoisotopic (exact) mass is 370 g/mol. The molecule has 26 heavy (non-hydrogen) atoms. The molecule has 1 saturated heterocycles. The summed E-state index contributed by atoms with van der Waals surface area (Å²) in [6.07, 6.45) is 1.23. The predicted octanol–water partition coefficient (Wildman–Crippen LogP) is 2.40. The Balaban J connectivity index is 1.65. The molecule has 1 aromatic heterocycles. The highest BCUT2D eigenvalue weighted by molar-refractivity contribution is 7.08. The SMILES string of the molecule is C=CC(=O)NCc1ccc(C(=O)N2C[C@@H](CO)[C@H](c3ccsc3)C2)cc1. The molecule has 2 atom stereocenters. The summed E-state index contributed by atoms with van der Waals surface area (Å²) < 4.78 is 0. The second kappa shape index (κ2) is 8.29. The molecule has 2 aromatic rings. The molecule has 0 aliphatic carbocycles. The summed E-state index contributed by atoms with van der Waals surface area (Å²) in [4.78, 5) is 25.8. The van der Waals surface area contributed by atoms with Crippen molar-refractivity contribution in [3.8, 4) is 0 Å². The topological polar surface area (TPSA) is 69.6 Å². The highest BCUT2D eigenvalue weighted by atomic mass is 32.1. The van der Waals surface area contributed by atoms with Gasteiger partial charge in [0, 0.05) is 43.6 Å². The predicted molar refractivity (Wildman–Crippen MR) is 102 cm³/mol. The maximum Gasteiger partial charge on any atom is 0.253 e. The molecule has 1 fully saturated rings. The summed E-state index contributed by atoms with van der Waals surface area (Å²) in [5.41, 5.74) is 2.73. The van der Waals surface area contributed by atoms with Crippen molar-refractivity contribution in [3.63, 3.8) is 0 Å². The molecule has 0 radical (unpaired) electrons. The summed E-state index contributed by atoms with van der Waals surface area (Å²) in [5, 5.41) is 16.5. The lowest BCUT2D eigenvalue weighted by Crippen LogP contribution is -2.29. The Labute approximate surface area is 157 Å². The fourth-order valence-corrected chi connectivity index (χ4v) is 4.02. The van der Waals surface area contributed by atoms with E-state index in [0.29, 0.717) is 25.2 Å². The van der Waals surface area contributed by atoms with Gasteiger partial charge >= 0.3 is 0 Å². The summed E-state index contributed by atoms with van der Waals surface area (Å²) in [6, 6.07) is 9.31. The molecule has 1 aliphatic rings. The molecule has 0 bridgehead atoms. The van der Waals surface area contributed by atoms with Crippen molar-refractivity contribution in [1.29, 1.82) is 0 Å². The number of nitrogens with one attached hydrogen (secondary N) is 1. The molecule has 0 saturated carbocycles. The molecule has 6 heteroatoms. The number of carbonyl (C=O) groups is 2. The van der Waals surface area contributed by atoms with Crippen LogP contribution in [0, 0.1) is 5.92 Å². The standard InChI is InChI=1S/C20H22N2O3S/c1-2-19(24)21-9-14-3-5-15(6-4-14)20(25)22-10-17(12-23)18(11-22)16-7-8-26-13-16/h2-8,13,17-18,23H,1,9-12H2,(H,21,24)/t17-,18-/m0/s1. The number of benzene rings is 1. The molecule has 136 valence electrons. The highest BCUT2D eigenvalue weighted by Crippen LogP contribution is 2.34. The van der Waals surface area contributed by atoms with Gasteiger partial charge in [0.2, 0.25) is 5.91 Å². The van der Waals surface area contributed by atoms with E-state index in [1.807, 2.05) is 22.4 Å². The first kappa shape index (κ1) is 18.4. The zero-order valence-electron chi connectivity index (χ0n) is 14.4. The smallest absolute Gasteiger partial charge is 0.253 e. The van der Waals surface area contributed by atoms with Gasteiger partial charge in [-0.1, -0.05) is 18.7 Å². The zero-order valence-corrected chi connectivity index (χ0v) is 15.2. The second-order valence-corrected chi connectivity index (χ2v) is 7.21. The maximum absolute atomic E-state index is 12.8. The third-order valence-corrected chi connectivity index (χ3v) is 5.49. The summed E-state index contributed by atoms with van der Waals surface area (Å²) in [5.74, 6) is 0.00474. The number of rotatable bonds is 6. The lowest BCUT2D eigenvalue weighted by molar-refractivity contribution is -0.116. The molecule has 0 unspecified atom stereocenters. The fourth-order valence-electron chi connectivity index (χ4n) is 3.29. The zero-order chi connectivity index (χ0) is 18.5. The Hall–Kier alpha value is -2.44. The van der Waals surface area contributed by atoms with E-state index in [-0.39, 0.29) is 30.3 Å². The van der Waals surface area contributed by atoms with Gasteiger partial charge in [-0.3, -0.25) is 9.59 Å². The fraction of sp³-hybridized carbons (Fsp3) is 0.300. The van der Waals surface area contributed by atoms with Crippen molar-refractivity contribution < 1.29 is 14.7 Å². The van der Waals surface area contributed by atoms with Gasteiger partial charge in [0.25, 0.3) is 5.91 Å². The number of amides is 2. The average Bonchev–Trinajstić information content (AvgIpc) is 3.35. The van der Waals surface area contributed by atoms with E-state index < -0.39 is 0 Å². The quantitative estimate of drug-likeness (QED) is 0.767. The normalized spacial score (nSPS) is 19.3. The molecule has 2 N–H and O–H groups in total. The van der Waals surface area contributed by atoms with Crippen LogP contribution in [0.2, 0.25) is 0 Å². The number of hydrogen-bond acceptors (Lipinski definition) is 4. The van der Waals surface area contributed by atoms with Crippen molar-refractivity contribution >= 4 is 23.2 Å². The van der Waals surface area contributed by atoms with Crippen molar-refractivity contribution in [3.05, 3.63) is 70.4 Å². The van der Waals surface area contributed by atoms with Crippen molar-refractivity contribution in [1.82, 2.24) is 10.2 Å². The lowest BCUT2D eigenvalue weighted by atomic mass is 9.92. The van der Waals surface area contributed by atoms with Crippen LogP contribution in [0.15, 0.2) is 53.7 Å². The number of thiophene rings is 1. The van der Waals surface area contributed by atoms with E-state index in [1.165, 1.54) is 11.6 Å². The van der Waals surface area contributed by atoms with Crippen molar-refractivity contribution in [2.24, 2.45) is 5.92 Å². The average molecular weight is 370 g/mol. The second-order valence-electron chi connectivity index (χ2n) is 6.43. The van der Waals surface area contributed by atoms with Crippen LogP contribution in [-0.2, 0) is 11.3 Å². The van der Waals surface area contributed by atoms with Gasteiger partial charge in [-0.2, -0.15) is 11.3 Å². The lowest BCUT2D eigenvalue weighted by Gasteiger charge is -2.16. The van der Waals surface area contributed by atoms with E-state index in [9.17, 15) is 14.7 Å².